The number of aliphatic hydroxyl groups excluding tert-OH is 1. The highest BCUT2D eigenvalue weighted by molar-refractivity contribution is 9.09. The predicted octanol–water partition coefficient (Wildman–Crippen LogP) is 3.93. The highest BCUT2D eigenvalue weighted by Crippen LogP contribution is 2.33. The molecule has 0 amide bonds. The summed E-state index contributed by atoms with van der Waals surface area (Å²) in [5, 5.41) is 9.91. The molecule has 0 fully saturated rings. The molecule has 1 aromatic rings. The van der Waals surface area contributed by atoms with Gasteiger partial charge >= 0.3 is 5.97 Å². The van der Waals surface area contributed by atoms with Gasteiger partial charge in [0.2, 0.25) is 0 Å². The zero-order chi connectivity index (χ0) is 17.4. The number of unbranched alkanes of at least 4 members (excludes halogenated alkanes) is 1. The molecule has 2 rings (SSSR count). The third kappa shape index (κ3) is 5.43. The highest BCUT2D eigenvalue weighted by atomic mass is 79.9. The molecule has 24 heavy (non-hydrogen) atoms. The molecule has 0 unspecified atom stereocenters. The number of carbonyl (C=O) groups is 1. The number of aliphatic hydroxyl groups is 1. The summed E-state index contributed by atoms with van der Waals surface area (Å²) >= 11 is 3.68. The highest BCUT2D eigenvalue weighted by Gasteiger charge is 2.33. The van der Waals surface area contributed by atoms with Crippen LogP contribution < -0.4 is 0 Å². The van der Waals surface area contributed by atoms with Crippen LogP contribution >= 0.6 is 15.9 Å². The van der Waals surface area contributed by atoms with Crippen LogP contribution in [0.2, 0.25) is 0 Å². The Morgan fingerprint density at radius 3 is 2.71 bits per heavy atom. The zero-order valence-electron chi connectivity index (χ0n) is 14.0. The smallest absolute Gasteiger partial charge is 0.339 e. The lowest BCUT2D eigenvalue weighted by molar-refractivity contribution is -0.154. The summed E-state index contributed by atoms with van der Waals surface area (Å²) in [5.41, 5.74) is 0.377. The molecule has 1 aliphatic carbocycles. The van der Waals surface area contributed by atoms with Gasteiger partial charge in [0.25, 0.3) is 0 Å². The van der Waals surface area contributed by atoms with Gasteiger partial charge in [-0.3, -0.25) is 0 Å². The van der Waals surface area contributed by atoms with E-state index in [1.165, 1.54) is 0 Å². The Morgan fingerprint density at radius 2 is 2.00 bits per heavy atom. The maximum absolute atomic E-state index is 11.8. The quantitative estimate of drug-likeness (QED) is 0.313. The van der Waals surface area contributed by atoms with E-state index < -0.39 is 12.1 Å². The molecule has 0 bridgehead atoms. The minimum atomic E-state index is -1.22. The van der Waals surface area contributed by atoms with Crippen molar-refractivity contribution in [2.75, 3.05) is 13.2 Å². The fourth-order valence-electron chi connectivity index (χ4n) is 2.59. The Labute approximate surface area is 152 Å². The van der Waals surface area contributed by atoms with Crippen LogP contribution in [-0.2, 0) is 14.3 Å². The Kier molecular flexibility index (Phi) is 7.46. The standard InChI is InChI=1S/C19H25BrO4/c1-19(12-6-5-11-16(19)20)24-14-8-7-13-23-18(22)17(21)15-9-3-2-4-10-15/h2-6,9-10,16-17,21H,7-8,11-14H2,1H3/t16-,17-,19-/m1/s1. The summed E-state index contributed by atoms with van der Waals surface area (Å²) in [6, 6.07) is 8.80. The van der Waals surface area contributed by atoms with Crippen LogP contribution in [0.25, 0.3) is 0 Å². The lowest BCUT2D eigenvalue weighted by atomic mass is 9.91. The summed E-state index contributed by atoms with van der Waals surface area (Å²) in [5.74, 6) is -0.605. The number of hydrogen-bond donors (Lipinski definition) is 1. The second-order valence-electron chi connectivity index (χ2n) is 6.23. The van der Waals surface area contributed by atoms with E-state index in [0.717, 1.165) is 19.3 Å². The average Bonchev–Trinajstić information content (AvgIpc) is 2.60. The summed E-state index contributed by atoms with van der Waals surface area (Å²) in [6.07, 6.45) is 6.52. The number of allylic oxidation sites excluding steroid dienone is 1. The second kappa shape index (κ2) is 9.35. The first-order chi connectivity index (χ1) is 11.5. The molecule has 0 heterocycles. The number of esters is 1. The normalized spacial score (nSPS) is 24.5. The molecule has 0 radical (unpaired) electrons. The molecule has 1 N–H and O–H groups in total. The molecule has 4 nitrogen and oxygen atoms in total. The Balaban J connectivity index is 1.61. The molecule has 132 valence electrons. The Hall–Kier alpha value is -1.17. The maximum atomic E-state index is 11.8. The maximum Gasteiger partial charge on any atom is 0.339 e. The van der Waals surface area contributed by atoms with Crippen molar-refractivity contribution in [1.29, 1.82) is 0 Å². The predicted molar refractivity (Wildman–Crippen MR) is 97.0 cm³/mol. The third-order valence-electron chi connectivity index (χ3n) is 4.25. The van der Waals surface area contributed by atoms with Gasteiger partial charge in [-0.05, 0) is 38.2 Å². The molecular formula is C19H25BrO4. The van der Waals surface area contributed by atoms with Crippen molar-refractivity contribution < 1.29 is 19.4 Å². The van der Waals surface area contributed by atoms with Crippen LogP contribution in [0.3, 0.4) is 0 Å². The van der Waals surface area contributed by atoms with Crippen molar-refractivity contribution in [3.63, 3.8) is 0 Å². The van der Waals surface area contributed by atoms with Gasteiger partial charge in [-0.1, -0.05) is 58.4 Å². The number of carbonyl (C=O) groups excluding carboxylic acids is 1. The largest absolute Gasteiger partial charge is 0.464 e. The number of alkyl halides is 1. The van der Waals surface area contributed by atoms with E-state index >= 15 is 0 Å². The van der Waals surface area contributed by atoms with Crippen molar-refractivity contribution in [2.45, 2.75) is 49.1 Å². The average molecular weight is 397 g/mol. The van der Waals surface area contributed by atoms with Crippen LogP contribution in [0.15, 0.2) is 42.5 Å². The van der Waals surface area contributed by atoms with E-state index in [9.17, 15) is 9.90 Å². The molecule has 0 saturated carbocycles. The Bertz CT molecular complexity index is 546. The molecular weight excluding hydrogens is 372 g/mol. The number of benzene rings is 1. The van der Waals surface area contributed by atoms with Crippen LogP contribution in [0.4, 0.5) is 0 Å². The molecule has 5 heteroatoms. The van der Waals surface area contributed by atoms with E-state index in [0.29, 0.717) is 30.0 Å². The van der Waals surface area contributed by atoms with Crippen LogP contribution in [0.5, 0.6) is 0 Å². The van der Waals surface area contributed by atoms with Crippen LogP contribution in [0, 0.1) is 0 Å². The van der Waals surface area contributed by atoms with Crippen molar-refractivity contribution >= 4 is 21.9 Å². The first-order valence-electron chi connectivity index (χ1n) is 8.35. The molecule has 1 aromatic carbocycles. The molecule has 0 aromatic heterocycles. The van der Waals surface area contributed by atoms with Gasteiger partial charge in [0.05, 0.1) is 12.2 Å². The zero-order valence-corrected chi connectivity index (χ0v) is 15.6. The Morgan fingerprint density at radius 1 is 1.29 bits per heavy atom. The third-order valence-corrected chi connectivity index (χ3v) is 5.59. The van der Waals surface area contributed by atoms with Gasteiger partial charge in [-0.2, -0.15) is 0 Å². The number of halogens is 1. The summed E-state index contributed by atoms with van der Waals surface area (Å²) in [4.78, 5) is 12.1. The summed E-state index contributed by atoms with van der Waals surface area (Å²) in [7, 11) is 0. The van der Waals surface area contributed by atoms with Gasteiger partial charge in [-0.25, -0.2) is 4.79 Å². The van der Waals surface area contributed by atoms with E-state index in [2.05, 4.69) is 35.0 Å². The number of rotatable bonds is 8. The topological polar surface area (TPSA) is 55.8 Å². The van der Waals surface area contributed by atoms with Crippen molar-refractivity contribution in [3.05, 3.63) is 48.0 Å². The van der Waals surface area contributed by atoms with Gasteiger partial charge in [0.15, 0.2) is 6.10 Å². The van der Waals surface area contributed by atoms with E-state index in [-0.39, 0.29) is 5.60 Å². The van der Waals surface area contributed by atoms with Crippen molar-refractivity contribution in [2.24, 2.45) is 0 Å². The lowest BCUT2D eigenvalue weighted by Gasteiger charge is -2.35. The first-order valence-corrected chi connectivity index (χ1v) is 9.27. The number of ether oxygens (including phenoxy) is 2. The monoisotopic (exact) mass is 396 g/mol. The molecule has 0 spiro atoms. The fourth-order valence-corrected chi connectivity index (χ4v) is 3.13. The van der Waals surface area contributed by atoms with E-state index in [1.807, 2.05) is 6.07 Å². The minimum Gasteiger partial charge on any atom is -0.464 e. The van der Waals surface area contributed by atoms with Crippen molar-refractivity contribution in [3.8, 4) is 0 Å². The van der Waals surface area contributed by atoms with Gasteiger partial charge in [-0.15, -0.1) is 0 Å². The lowest BCUT2D eigenvalue weighted by Crippen LogP contribution is -2.39. The minimum absolute atomic E-state index is 0.172. The molecule has 3 atom stereocenters. The molecule has 0 aliphatic heterocycles. The summed E-state index contributed by atoms with van der Waals surface area (Å²) < 4.78 is 11.2. The van der Waals surface area contributed by atoms with Crippen LogP contribution in [-0.4, -0.2) is 34.7 Å². The fraction of sp³-hybridized carbons (Fsp3) is 0.526. The van der Waals surface area contributed by atoms with Gasteiger partial charge in [0.1, 0.15) is 0 Å². The number of hydrogen-bond acceptors (Lipinski definition) is 4. The van der Waals surface area contributed by atoms with E-state index in [4.69, 9.17) is 9.47 Å². The van der Waals surface area contributed by atoms with E-state index in [1.54, 1.807) is 24.3 Å². The second-order valence-corrected chi connectivity index (χ2v) is 7.33. The first kappa shape index (κ1) is 19.2. The van der Waals surface area contributed by atoms with Crippen molar-refractivity contribution in [1.82, 2.24) is 0 Å². The van der Waals surface area contributed by atoms with Gasteiger partial charge < -0.3 is 14.6 Å². The van der Waals surface area contributed by atoms with Gasteiger partial charge in [0, 0.05) is 11.4 Å². The molecule has 0 saturated heterocycles. The van der Waals surface area contributed by atoms with Crippen LogP contribution in [0.1, 0.15) is 44.3 Å². The molecule has 1 aliphatic rings. The summed E-state index contributed by atoms with van der Waals surface area (Å²) in [6.45, 7) is 3.04. The SMILES string of the molecule is C[C@@]1(OCCCCOC(=O)[C@H](O)c2ccccc2)CC=CC[C@H]1Br.